The van der Waals surface area contributed by atoms with Gasteiger partial charge in [-0.15, -0.1) is 0 Å². The molecule has 2 atom stereocenters. The Bertz CT molecular complexity index is 913. The summed E-state index contributed by atoms with van der Waals surface area (Å²) in [5.74, 6) is 0. The van der Waals surface area contributed by atoms with Crippen LogP contribution in [0.5, 0.6) is 0 Å². The lowest BCUT2D eigenvalue weighted by Crippen LogP contribution is -2.53. The van der Waals surface area contributed by atoms with Crippen LogP contribution in [0, 0.1) is 6.92 Å². The molecule has 0 spiro atoms. The maximum absolute atomic E-state index is 13.1. The molecule has 0 saturated heterocycles. The SMILES string of the molecule is CCCCCCC[C@H](O[Si](C)(C)C(C)(C)C)[C@H](COS(=O)(=O)c1ccc(C)cc1)O[Si](C)(C)C(C)(C)C. The Balaban J connectivity index is 3.32. The Labute approximate surface area is 231 Å². The molecule has 216 valence electrons. The summed E-state index contributed by atoms with van der Waals surface area (Å²) in [4.78, 5) is 0.172. The number of hydrogen-bond acceptors (Lipinski definition) is 5. The fourth-order valence-electron chi connectivity index (χ4n) is 3.53. The van der Waals surface area contributed by atoms with Crippen molar-refractivity contribution in [2.75, 3.05) is 6.61 Å². The maximum Gasteiger partial charge on any atom is 0.297 e. The molecule has 8 heteroatoms. The highest BCUT2D eigenvalue weighted by Crippen LogP contribution is 2.41. The summed E-state index contributed by atoms with van der Waals surface area (Å²) >= 11 is 0. The second-order valence-electron chi connectivity index (χ2n) is 13.6. The summed E-state index contributed by atoms with van der Waals surface area (Å²) in [7, 11) is -8.29. The molecule has 0 saturated carbocycles. The van der Waals surface area contributed by atoms with E-state index in [1.54, 1.807) is 24.3 Å². The van der Waals surface area contributed by atoms with Gasteiger partial charge >= 0.3 is 0 Å². The van der Waals surface area contributed by atoms with Gasteiger partial charge in [0.1, 0.15) is 0 Å². The van der Waals surface area contributed by atoms with Gasteiger partial charge in [-0.1, -0.05) is 98.3 Å². The zero-order valence-electron chi connectivity index (χ0n) is 25.9. The van der Waals surface area contributed by atoms with Gasteiger partial charge in [-0.2, -0.15) is 8.42 Å². The lowest BCUT2D eigenvalue weighted by atomic mass is 10.1. The van der Waals surface area contributed by atoms with E-state index in [1.165, 1.54) is 19.3 Å². The first-order valence-corrected chi connectivity index (χ1v) is 21.3. The minimum atomic E-state index is -3.91. The number of unbranched alkanes of at least 4 members (excludes halogenated alkanes) is 4. The van der Waals surface area contributed by atoms with Crippen LogP contribution in [0.25, 0.3) is 0 Å². The zero-order chi connectivity index (χ0) is 28.7. The van der Waals surface area contributed by atoms with Crippen LogP contribution in [0.3, 0.4) is 0 Å². The van der Waals surface area contributed by atoms with Gasteiger partial charge in [-0.25, -0.2) is 0 Å². The van der Waals surface area contributed by atoms with Gasteiger partial charge in [-0.05, 0) is 61.7 Å². The largest absolute Gasteiger partial charge is 0.411 e. The van der Waals surface area contributed by atoms with Crippen molar-refractivity contribution in [1.82, 2.24) is 0 Å². The molecule has 1 rings (SSSR count). The fourth-order valence-corrected chi connectivity index (χ4v) is 7.16. The average molecular weight is 573 g/mol. The van der Waals surface area contributed by atoms with Gasteiger partial charge in [0.15, 0.2) is 16.6 Å². The molecule has 0 aliphatic heterocycles. The van der Waals surface area contributed by atoms with Crippen molar-refractivity contribution in [2.24, 2.45) is 0 Å². The summed E-state index contributed by atoms with van der Waals surface area (Å²) in [6.45, 7) is 26.3. The van der Waals surface area contributed by atoms with E-state index < -0.39 is 32.9 Å². The lowest BCUT2D eigenvalue weighted by molar-refractivity contribution is 0.00331. The lowest BCUT2D eigenvalue weighted by Gasteiger charge is -2.45. The van der Waals surface area contributed by atoms with E-state index in [1.807, 2.05) is 6.92 Å². The van der Waals surface area contributed by atoms with E-state index in [2.05, 4.69) is 74.7 Å². The van der Waals surface area contributed by atoms with Crippen molar-refractivity contribution in [1.29, 1.82) is 0 Å². The van der Waals surface area contributed by atoms with Crippen molar-refractivity contribution in [3.8, 4) is 0 Å². The number of aryl methyl sites for hydroxylation is 1. The van der Waals surface area contributed by atoms with Gasteiger partial charge in [0.2, 0.25) is 0 Å². The Morgan fingerprint density at radius 2 is 1.22 bits per heavy atom. The summed E-state index contributed by atoms with van der Waals surface area (Å²) in [5, 5.41) is 0.00749. The monoisotopic (exact) mass is 572 g/mol. The second kappa shape index (κ2) is 13.7. The predicted octanol–water partition coefficient (Wildman–Crippen LogP) is 8.84. The summed E-state index contributed by atoms with van der Waals surface area (Å²) in [5.41, 5.74) is 1.00. The molecule has 0 bridgehead atoms. The van der Waals surface area contributed by atoms with E-state index in [-0.39, 0.29) is 27.7 Å². The van der Waals surface area contributed by atoms with Crippen molar-refractivity contribution < 1.29 is 21.5 Å². The minimum Gasteiger partial charge on any atom is -0.411 e. The molecule has 0 aliphatic rings. The van der Waals surface area contributed by atoms with E-state index in [0.29, 0.717) is 0 Å². The van der Waals surface area contributed by atoms with Gasteiger partial charge in [0, 0.05) is 0 Å². The molecule has 37 heavy (non-hydrogen) atoms. The smallest absolute Gasteiger partial charge is 0.297 e. The predicted molar refractivity (Wildman–Crippen MR) is 162 cm³/mol. The molecule has 5 nitrogen and oxygen atoms in total. The van der Waals surface area contributed by atoms with Crippen LogP contribution in [0.4, 0.5) is 0 Å². The first-order valence-electron chi connectivity index (χ1n) is 14.1. The van der Waals surface area contributed by atoms with Crippen molar-refractivity contribution in [2.45, 2.75) is 147 Å². The average Bonchev–Trinajstić information content (AvgIpc) is 2.74. The highest BCUT2D eigenvalue weighted by molar-refractivity contribution is 7.86. The molecule has 0 aliphatic carbocycles. The molecule has 0 fully saturated rings. The quantitative estimate of drug-likeness (QED) is 0.119. The first-order chi connectivity index (χ1) is 16.7. The van der Waals surface area contributed by atoms with Gasteiger partial charge < -0.3 is 8.85 Å². The molecule has 0 N–H and O–H groups in total. The molecule has 0 unspecified atom stereocenters. The van der Waals surface area contributed by atoms with Crippen LogP contribution in [0.2, 0.25) is 36.3 Å². The second-order valence-corrected chi connectivity index (χ2v) is 24.7. The Kier molecular flexibility index (Phi) is 12.8. The van der Waals surface area contributed by atoms with Crippen LogP contribution in [0.1, 0.15) is 92.6 Å². The highest BCUT2D eigenvalue weighted by atomic mass is 32.2. The fraction of sp³-hybridized carbons (Fsp3) is 0.793. The summed E-state index contributed by atoms with van der Waals surface area (Å²) < 4.78 is 45.8. The molecule has 1 aromatic rings. The van der Waals surface area contributed by atoms with E-state index in [4.69, 9.17) is 13.0 Å². The van der Waals surface area contributed by atoms with Crippen molar-refractivity contribution >= 4 is 26.8 Å². The van der Waals surface area contributed by atoms with Crippen molar-refractivity contribution in [3.05, 3.63) is 29.8 Å². The minimum absolute atomic E-state index is 0.0241. The van der Waals surface area contributed by atoms with Gasteiger partial charge in [0.05, 0.1) is 23.7 Å². The van der Waals surface area contributed by atoms with Crippen molar-refractivity contribution in [3.63, 3.8) is 0 Å². The first kappa shape index (κ1) is 34.5. The summed E-state index contributed by atoms with van der Waals surface area (Å²) in [6.07, 6.45) is 5.97. The van der Waals surface area contributed by atoms with Crippen LogP contribution >= 0.6 is 0 Å². The van der Waals surface area contributed by atoms with E-state index in [0.717, 1.165) is 24.8 Å². The highest BCUT2D eigenvalue weighted by Gasteiger charge is 2.45. The molecular formula is C29H56O5SSi2. The number of hydrogen-bond donors (Lipinski definition) is 0. The molecule has 0 aromatic heterocycles. The van der Waals surface area contributed by atoms with Crippen LogP contribution in [-0.4, -0.2) is 43.9 Å². The third kappa shape index (κ3) is 10.9. The Hall–Kier alpha value is -0.516. The van der Waals surface area contributed by atoms with Gasteiger partial charge in [0.25, 0.3) is 10.1 Å². The maximum atomic E-state index is 13.1. The van der Waals surface area contributed by atoms with E-state index >= 15 is 0 Å². The Morgan fingerprint density at radius 3 is 1.68 bits per heavy atom. The third-order valence-corrected chi connectivity index (χ3v) is 18.5. The zero-order valence-corrected chi connectivity index (χ0v) is 28.7. The van der Waals surface area contributed by atoms with Crippen LogP contribution < -0.4 is 0 Å². The normalized spacial score (nSPS) is 15.6. The Morgan fingerprint density at radius 1 is 0.757 bits per heavy atom. The summed E-state index contributed by atoms with van der Waals surface area (Å²) in [6, 6.07) is 6.79. The molecule has 1 aromatic carbocycles. The molecule has 0 radical (unpaired) electrons. The van der Waals surface area contributed by atoms with Crippen LogP contribution in [-0.2, 0) is 23.2 Å². The molecule has 0 amide bonds. The number of rotatable bonds is 15. The number of benzene rings is 1. The van der Waals surface area contributed by atoms with E-state index in [9.17, 15) is 8.42 Å². The molecule has 0 heterocycles. The van der Waals surface area contributed by atoms with Crippen LogP contribution in [0.15, 0.2) is 29.2 Å². The third-order valence-electron chi connectivity index (χ3n) is 8.21. The van der Waals surface area contributed by atoms with Gasteiger partial charge in [-0.3, -0.25) is 4.18 Å². The topological polar surface area (TPSA) is 61.8 Å². The standard InChI is InChI=1S/C29H56O5SSi2/c1-13-14-15-16-17-18-26(33-36(9,10)28(3,4)5)27(34-37(11,12)29(6,7)8)23-32-35(30,31)25-21-19-24(2)20-22-25/h19-22,26-27H,13-18,23H2,1-12H3/t26-,27-/m0/s1. The molecular weight excluding hydrogens is 517 g/mol.